The summed E-state index contributed by atoms with van der Waals surface area (Å²) >= 11 is 6.34. The topological polar surface area (TPSA) is 88.2 Å². The van der Waals surface area contributed by atoms with E-state index in [-0.39, 0.29) is 5.69 Å². The average Bonchev–Trinajstić information content (AvgIpc) is 3.02. The summed E-state index contributed by atoms with van der Waals surface area (Å²) in [7, 11) is 1.71. The second kappa shape index (κ2) is 9.50. The van der Waals surface area contributed by atoms with E-state index in [1.807, 2.05) is 23.1 Å². The number of nitrogens with one attached hydrogen (secondary N) is 1. The number of nitrogens with zero attached hydrogens (tertiary/aromatic N) is 5. The van der Waals surface area contributed by atoms with Crippen molar-refractivity contribution >= 4 is 40.1 Å². The number of imidazole rings is 1. The second-order valence-electron chi connectivity index (χ2n) is 9.41. The van der Waals surface area contributed by atoms with Crippen molar-refractivity contribution in [2.45, 2.75) is 51.7 Å². The number of rotatable bonds is 7. The molecule has 0 atom stereocenters. The Bertz CT molecular complexity index is 1230. The molecule has 0 amide bonds. The van der Waals surface area contributed by atoms with Crippen LogP contribution in [0.3, 0.4) is 0 Å². The van der Waals surface area contributed by atoms with Crippen molar-refractivity contribution in [3.8, 4) is 0 Å². The number of hydrogen-bond acceptors (Lipinski definition) is 6. The second-order valence-corrected chi connectivity index (χ2v) is 9.82. The van der Waals surface area contributed by atoms with Gasteiger partial charge < -0.3 is 15.3 Å². The summed E-state index contributed by atoms with van der Waals surface area (Å²) in [6.07, 6.45) is 0.386. The third-order valence-electron chi connectivity index (χ3n) is 6.27. The first kappa shape index (κ1) is 24.4. The zero-order chi connectivity index (χ0) is 24.6. The summed E-state index contributed by atoms with van der Waals surface area (Å²) in [5.41, 5.74) is 1.11. The molecule has 2 aromatic heterocycles. The molecule has 4 rings (SSSR count). The van der Waals surface area contributed by atoms with E-state index in [0.29, 0.717) is 61.4 Å². The highest BCUT2D eigenvalue weighted by Gasteiger charge is 2.27. The quantitative estimate of drug-likeness (QED) is 0.512. The molecular formula is C23H29ClF2N6O2. The predicted octanol–water partition coefficient (Wildman–Crippen LogP) is 4.17. The molecular weight excluding hydrogens is 466 g/mol. The van der Waals surface area contributed by atoms with Gasteiger partial charge in [-0.25, -0.2) is 18.6 Å². The van der Waals surface area contributed by atoms with Gasteiger partial charge >= 0.3 is 5.69 Å². The smallest absolute Gasteiger partial charge is 0.328 e. The predicted molar refractivity (Wildman–Crippen MR) is 129 cm³/mol. The van der Waals surface area contributed by atoms with Crippen molar-refractivity contribution < 1.29 is 13.9 Å². The number of benzene rings is 1. The molecule has 0 aliphatic carbocycles. The van der Waals surface area contributed by atoms with Gasteiger partial charge in [-0.05, 0) is 51.3 Å². The lowest BCUT2D eigenvalue weighted by molar-refractivity contribution is 0.0634. The summed E-state index contributed by atoms with van der Waals surface area (Å²) < 4.78 is 29.1. The Balaban J connectivity index is 1.59. The summed E-state index contributed by atoms with van der Waals surface area (Å²) in [5, 5.41) is 13.6. The van der Waals surface area contributed by atoms with Gasteiger partial charge in [0.1, 0.15) is 5.02 Å². The number of hydrogen-bond donors (Lipinski definition) is 2. The fraction of sp³-hybridized carbons (Fsp3) is 0.522. The van der Waals surface area contributed by atoms with Crippen LogP contribution in [0, 0.1) is 5.92 Å². The summed E-state index contributed by atoms with van der Waals surface area (Å²) in [6, 6.07) is 5.51. The lowest BCUT2D eigenvalue weighted by Crippen LogP contribution is -2.37. The van der Waals surface area contributed by atoms with E-state index < -0.39 is 17.9 Å². The highest BCUT2D eigenvalue weighted by Crippen LogP contribution is 2.30. The fourth-order valence-corrected chi connectivity index (χ4v) is 4.31. The largest absolute Gasteiger partial charge is 0.390 e. The van der Waals surface area contributed by atoms with Crippen LogP contribution in [0.5, 0.6) is 0 Å². The molecule has 3 heterocycles. The van der Waals surface area contributed by atoms with Crippen molar-refractivity contribution in [1.82, 2.24) is 19.1 Å². The maximum absolute atomic E-state index is 13.0. The highest BCUT2D eigenvalue weighted by molar-refractivity contribution is 6.32. The minimum atomic E-state index is -2.31. The van der Waals surface area contributed by atoms with Crippen LogP contribution in [0.4, 0.5) is 26.2 Å². The van der Waals surface area contributed by atoms with Crippen LogP contribution in [-0.2, 0) is 13.6 Å². The van der Waals surface area contributed by atoms with Crippen molar-refractivity contribution in [3.05, 3.63) is 39.9 Å². The molecule has 0 bridgehead atoms. The molecule has 184 valence electrons. The van der Waals surface area contributed by atoms with Gasteiger partial charge in [0, 0.05) is 38.3 Å². The van der Waals surface area contributed by atoms with Crippen LogP contribution in [0.25, 0.3) is 11.0 Å². The highest BCUT2D eigenvalue weighted by atomic mass is 35.5. The van der Waals surface area contributed by atoms with Gasteiger partial charge in [-0.15, -0.1) is 0 Å². The third kappa shape index (κ3) is 5.17. The van der Waals surface area contributed by atoms with Crippen molar-refractivity contribution in [2.24, 2.45) is 13.0 Å². The molecule has 1 fully saturated rings. The molecule has 34 heavy (non-hydrogen) atoms. The van der Waals surface area contributed by atoms with Gasteiger partial charge in [0.05, 0.1) is 22.8 Å². The van der Waals surface area contributed by atoms with Crippen LogP contribution >= 0.6 is 11.6 Å². The lowest BCUT2D eigenvalue weighted by Gasteiger charge is -2.31. The molecule has 3 aromatic rings. The molecule has 0 saturated carbocycles. The Morgan fingerprint density at radius 3 is 2.62 bits per heavy atom. The van der Waals surface area contributed by atoms with E-state index in [4.69, 9.17) is 11.6 Å². The molecule has 8 nitrogen and oxygen atoms in total. The first-order valence-electron chi connectivity index (χ1n) is 11.3. The number of halogens is 3. The standard InChI is InChI=1S/C23H29ClF2N6O2/c1-23(2,34)8-11-32-18-12-15(4-5-17(18)30(3)22(32)33)28-20-16(24)13-27-21(29-20)31-9-6-14(7-10-31)19(25)26/h4-5,12-14,19,34H,6-11H2,1-3H3,(H,27,28,29). The zero-order valence-corrected chi connectivity index (χ0v) is 20.2. The average molecular weight is 495 g/mol. The number of fused-ring (bicyclic) bond motifs is 1. The number of aliphatic hydroxyl groups is 1. The number of aryl methyl sites for hydroxylation is 2. The summed E-state index contributed by atoms with van der Waals surface area (Å²) in [5.74, 6) is 0.235. The van der Waals surface area contributed by atoms with Gasteiger partial charge in [0.15, 0.2) is 5.82 Å². The Labute approximate surface area is 201 Å². The first-order valence-corrected chi connectivity index (χ1v) is 11.7. The number of aromatic nitrogens is 4. The van der Waals surface area contributed by atoms with Crippen LogP contribution < -0.4 is 15.9 Å². The van der Waals surface area contributed by atoms with Crippen LogP contribution in [0.2, 0.25) is 5.02 Å². The normalized spacial score (nSPS) is 15.5. The molecule has 11 heteroatoms. The minimum Gasteiger partial charge on any atom is -0.390 e. The molecule has 0 unspecified atom stereocenters. The van der Waals surface area contributed by atoms with E-state index in [1.54, 1.807) is 30.0 Å². The molecule has 2 N–H and O–H groups in total. The third-order valence-corrected chi connectivity index (χ3v) is 6.54. The van der Waals surface area contributed by atoms with E-state index in [1.165, 1.54) is 6.20 Å². The van der Waals surface area contributed by atoms with E-state index >= 15 is 0 Å². The molecule has 1 aromatic carbocycles. The Morgan fingerprint density at radius 1 is 1.26 bits per heavy atom. The SMILES string of the molecule is Cn1c(=O)n(CCC(C)(C)O)c2cc(Nc3nc(N4CCC(C(F)F)CC4)ncc3Cl)ccc21. The summed E-state index contributed by atoms with van der Waals surface area (Å²) in [4.78, 5) is 23.4. The Kier molecular flexibility index (Phi) is 6.82. The van der Waals surface area contributed by atoms with Crippen LogP contribution in [0.15, 0.2) is 29.2 Å². The van der Waals surface area contributed by atoms with Gasteiger partial charge in [0.2, 0.25) is 12.4 Å². The number of piperidine rings is 1. The molecule has 1 saturated heterocycles. The zero-order valence-electron chi connectivity index (χ0n) is 19.4. The van der Waals surface area contributed by atoms with Crippen molar-refractivity contribution in [2.75, 3.05) is 23.3 Å². The van der Waals surface area contributed by atoms with E-state index in [9.17, 15) is 18.7 Å². The molecule has 1 aliphatic heterocycles. The van der Waals surface area contributed by atoms with Gasteiger partial charge in [-0.1, -0.05) is 11.6 Å². The fourth-order valence-electron chi connectivity index (χ4n) is 4.18. The van der Waals surface area contributed by atoms with E-state index in [2.05, 4.69) is 15.3 Å². The van der Waals surface area contributed by atoms with Gasteiger partial charge in [-0.2, -0.15) is 4.98 Å². The molecule has 1 aliphatic rings. The van der Waals surface area contributed by atoms with Gasteiger partial charge in [0.25, 0.3) is 0 Å². The first-order chi connectivity index (χ1) is 16.0. The van der Waals surface area contributed by atoms with Crippen LogP contribution in [0.1, 0.15) is 33.1 Å². The number of alkyl halides is 2. The Morgan fingerprint density at radius 2 is 1.97 bits per heavy atom. The monoisotopic (exact) mass is 494 g/mol. The lowest BCUT2D eigenvalue weighted by atomic mass is 9.98. The van der Waals surface area contributed by atoms with Crippen molar-refractivity contribution in [3.63, 3.8) is 0 Å². The van der Waals surface area contributed by atoms with E-state index in [0.717, 1.165) is 11.0 Å². The van der Waals surface area contributed by atoms with Crippen LogP contribution in [-0.4, -0.2) is 49.3 Å². The molecule has 0 radical (unpaired) electrons. The van der Waals surface area contributed by atoms with Crippen molar-refractivity contribution in [1.29, 1.82) is 0 Å². The number of anilines is 3. The summed E-state index contributed by atoms with van der Waals surface area (Å²) in [6.45, 7) is 4.71. The minimum absolute atomic E-state index is 0.161. The van der Waals surface area contributed by atoms with Gasteiger partial charge in [-0.3, -0.25) is 9.13 Å². The maximum atomic E-state index is 13.0. The molecule has 0 spiro atoms. The maximum Gasteiger partial charge on any atom is 0.328 e. The Hall–Kier alpha value is -2.72.